The van der Waals surface area contributed by atoms with Crippen molar-refractivity contribution in [2.24, 2.45) is 17.8 Å². The monoisotopic (exact) mass is 395 g/mol. The number of piperidine rings is 1. The highest BCUT2D eigenvalue weighted by Crippen LogP contribution is 2.47. The average molecular weight is 396 g/mol. The van der Waals surface area contributed by atoms with Gasteiger partial charge in [0.05, 0.1) is 13.2 Å². The number of nitrogens with one attached hydrogen (secondary N) is 1. The summed E-state index contributed by atoms with van der Waals surface area (Å²) in [5.74, 6) is -0.0970. The van der Waals surface area contributed by atoms with Gasteiger partial charge in [0.15, 0.2) is 9.84 Å². The minimum atomic E-state index is -3.92. The second-order valence-corrected chi connectivity index (χ2v) is 8.88. The average Bonchev–Trinajstić information content (AvgIpc) is 3.25. The molecule has 0 unspecified atom stereocenters. The van der Waals surface area contributed by atoms with Gasteiger partial charge in [0.1, 0.15) is 16.5 Å². The van der Waals surface area contributed by atoms with Crippen LogP contribution >= 0.6 is 12.4 Å². The third kappa shape index (κ3) is 5.12. The Morgan fingerprint density at radius 3 is 2.36 bits per heavy atom. The lowest BCUT2D eigenvalue weighted by molar-refractivity contribution is 0.103. The quantitative estimate of drug-likeness (QED) is 0.804. The van der Waals surface area contributed by atoms with Crippen molar-refractivity contribution in [3.8, 4) is 0 Å². The predicted octanol–water partition coefficient (Wildman–Crippen LogP) is 2.94. The minimum absolute atomic E-state index is 0. The van der Waals surface area contributed by atoms with E-state index < -0.39 is 26.4 Å². The van der Waals surface area contributed by atoms with Gasteiger partial charge < -0.3 is 10.1 Å². The highest BCUT2D eigenvalue weighted by Gasteiger charge is 2.42. The van der Waals surface area contributed by atoms with Crippen LogP contribution in [0.2, 0.25) is 0 Å². The van der Waals surface area contributed by atoms with Crippen molar-refractivity contribution in [1.82, 2.24) is 5.32 Å². The molecule has 1 saturated heterocycles. The van der Waals surface area contributed by atoms with Crippen molar-refractivity contribution in [1.29, 1.82) is 0 Å². The van der Waals surface area contributed by atoms with Crippen molar-refractivity contribution in [2.45, 2.75) is 30.8 Å². The smallest absolute Gasteiger partial charge is 0.181 e. The van der Waals surface area contributed by atoms with Gasteiger partial charge in [0.25, 0.3) is 0 Å². The minimum Gasteiger partial charge on any atom is -0.376 e. The number of rotatable bonds is 6. The van der Waals surface area contributed by atoms with Gasteiger partial charge >= 0.3 is 0 Å². The molecule has 0 spiro atoms. The van der Waals surface area contributed by atoms with Gasteiger partial charge in [-0.15, -0.1) is 12.4 Å². The Bertz CT molecular complexity index is 685. The van der Waals surface area contributed by atoms with E-state index in [2.05, 4.69) is 5.32 Å². The largest absolute Gasteiger partial charge is 0.376 e. The second-order valence-electron chi connectivity index (χ2n) is 6.92. The summed E-state index contributed by atoms with van der Waals surface area (Å²) in [7, 11) is -3.92. The van der Waals surface area contributed by atoms with E-state index in [1.165, 1.54) is 19.3 Å². The molecular weight excluding hydrogens is 372 g/mol. The maximum absolute atomic E-state index is 13.8. The zero-order valence-electron chi connectivity index (χ0n) is 14.1. The van der Waals surface area contributed by atoms with Gasteiger partial charge in [-0.05, 0) is 67.8 Å². The Balaban J connectivity index is 0.00000225. The lowest BCUT2D eigenvalue weighted by Gasteiger charge is -2.22. The molecule has 1 aromatic carbocycles. The SMILES string of the molecule is CS(=O)(=O)c1c(F)cc(COC[C@@H]2C[C@@H]2C2CCNCC2)cc1F.Cl. The van der Waals surface area contributed by atoms with Crippen LogP contribution in [0, 0.1) is 29.4 Å². The van der Waals surface area contributed by atoms with E-state index in [0.717, 1.165) is 37.4 Å². The molecule has 1 heterocycles. The van der Waals surface area contributed by atoms with Crippen LogP contribution in [0.3, 0.4) is 0 Å². The molecule has 4 nitrogen and oxygen atoms in total. The Hall–Kier alpha value is -0.760. The van der Waals surface area contributed by atoms with Crippen LogP contribution in [-0.4, -0.2) is 34.4 Å². The Morgan fingerprint density at radius 2 is 1.80 bits per heavy atom. The normalized spacial score (nSPS) is 24.0. The van der Waals surface area contributed by atoms with Crippen molar-refractivity contribution >= 4 is 22.2 Å². The summed E-state index contributed by atoms with van der Waals surface area (Å²) in [6.07, 6.45) is 4.38. The van der Waals surface area contributed by atoms with E-state index in [-0.39, 0.29) is 19.0 Å². The molecule has 1 aliphatic carbocycles. The summed E-state index contributed by atoms with van der Waals surface area (Å²) >= 11 is 0. The molecule has 1 aliphatic heterocycles. The van der Waals surface area contributed by atoms with Gasteiger partial charge in [-0.1, -0.05) is 0 Å². The van der Waals surface area contributed by atoms with Crippen molar-refractivity contribution in [3.05, 3.63) is 29.3 Å². The molecule has 0 aromatic heterocycles. The number of hydrogen-bond donors (Lipinski definition) is 1. The predicted molar refractivity (Wildman–Crippen MR) is 93.6 cm³/mol. The van der Waals surface area contributed by atoms with Crippen LogP contribution in [0.5, 0.6) is 0 Å². The van der Waals surface area contributed by atoms with E-state index >= 15 is 0 Å². The summed E-state index contributed by atoms with van der Waals surface area (Å²) in [5.41, 5.74) is 0.316. The molecule has 3 rings (SSSR count). The topological polar surface area (TPSA) is 55.4 Å². The first-order valence-corrected chi connectivity index (χ1v) is 10.2. The molecule has 0 bridgehead atoms. The van der Waals surface area contributed by atoms with Gasteiger partial charge in [-0.2, -0.15) is 0 Å². The third-order valence-corrected chi connectivity index (χ3v) is 6.13. The number of hydrogen-bond acceptors (Lipinski definition) is 4. The first-order chi connectivity index (χ1) is 11.4. The highest BCUT2D eigenvalue weighted by atomic mass is 35.5. The summed E-state index contributed by atoms with van der Waals surface area (Å²) in [5, 5.41) is 3.36. The second kappa shape index (κ2) is 8.29. The van der Waals surface area contributed by atoms with Crippen LogP contribution in [-0.2, 0) is 21.2 Å². The third-order valence-electron chi connectivity index (χ3n) is 5.00. The fourth-order valence-corrected chi connectivity index (χ4v) is 4.52. The molecule has 8 heteroatoms. The van der Waals surface area contributed by atoms with Gasteiger partial charge in [0, 0.05) is 6.26 Å². The van der Waals surface area contributed by atoms with Gasteiger partial charge in [-0.25, -0.2) is 17.2 Å². The maximum atomic E-state index is 13.8. The van der Waals surface area contributed by atoms with E-state index in [0.29, 0.717) is 24.0 Å². The molecule has 1 N–H and O–H groups in total. The summed E-state index contributed by atoms with van der Waals surface area (Å²) in [6.45, 7) is 2.85. The molecule has 2 fully saturated rings. The summed E-state index contributed by atoms with van der Waals surface area (Å²) in [4.78, 5) is -0.876. The van der Waals surface area contributed by atoms with E-state index in [9.17, 15) is 17.2 Å². The molecule has 0 radical (unpaired) electrons. The molecule has 1 saturated carbocycles. The Labute approximate surface area is 153 Å². The van der Waals surface area contributed by atoms with E-state index in [4.69, 9.17) is 4.74 Å². The zero-order chi connectivity index (χ0) is 17.3. The highest BCUT2D eigenvalue weighted by molar-refractivity contribution is 7.90. The number of halogens is 3. The molecule has 2 aliphatic rings. The first kappa shape index (κ1) is 20.6. The fraction of sp³-hybridized carbons (Fsp3) is 0.647. The first-order valence-electron chi connectivity index (χ1n) is 8.32. The number of sulfone groups is 1. The zero-order valence-corrected chi connectivity index (χ0v) is 15.8. The standard InChI is InChI=1S/C17H23F2NO3S.ClH/c1-24(21,22)17-15(18)6-11(7-16(17)19)9-23-10-13-8-14(13)12-2-4-20-5-3-12;/h6-7,12-14,20H,2-5,8-10H2,1H3;1H/t13-,14+;/m0./s1. The lowest BCUT2D eigenvalue weighted by atomic mass is 9.92. The van der Waals surface area contributed by atoms with Gasteiger partial charge in [0.2, 0.25) is 0 Å². The molecule has 142 valence electrons. The number of ether oxygens (including phenoxy) is 1. The molecule has 0 amide bonds. The van der Waals surface area contributed by atoms with E-state index in [1.54, 1.807) is 0 Å². The van der Waals surface area contributed by atoms with Gasteiger partial charge in [-0.3, -0.25) is 0 Å². The van der Waals surface area contributed by atoms with Crippen LogP contribution in [0.4, 0.5) is 8.78 Å². The summed E-state index contributed by atoms with van der Waals surface area (Å²) in [6, 6.07) is 2.08. The molecule has 25 heavy (non-hydrogen) atoms. The molecule has 1 aromatic rings. The van der Waals surface area contributed by atoms with Crippen molar-refractivity contribution < 1.29 is 21.9 Å². The van der Waals surface area contributed by atoms with Crippen LogP contribution in [0.25, 0.3) is 0 Å². The fourth-order valence-electron chi connectivity index (χ4n) is 3.69. The Kier molecular flexibility index (Phi) is 6.81. The lowest BCUT2D eigenvalue weighted by Crippen LogP contribution is -2.29. The molecular formula is C17H24ClF2NO3S. The maximum Gasteiger partial charge on any atom is 0.181 e. The van der Waals surface area contributed by atoms with Crippen LogP contribution < -0.4 is 5.32 Å². The van der Waals surface area contributed by atoms with Crippen molar-refractivity contribution in [3.63, 3.8) is 0 Å². The van der Waals surface area contributed by atoms with Crippen LogP contribution in [0.15, 0.2) is 17.0 Å². The number of benzene rings is 1. The summed E-state index contributed by atoms with van der Waals surface area (Å²) < 4.78 is 56.0. The Morgan fingerprint density at radius 1 is 1.20 bits per heavy atom. The molecule has 2 atom stereocenters. The van der Waals surface area contributed by atoms with Crippen LogP contribution in [0.1, 0.15) is 24.8 Å². The van der Waals surface area contributed by atoms with Crippen molar-refractivity contribution in [2.75, 3.05) is 26.0 Å². The van der Waals surface area contributed by atoms with E-state index in [1.807, 2.05) is 0 Å².